The number of rotatable bonds is 8. The third-order valence-electron chi connectivity index (χ3n) is 4.70. The average Bonchev–Trinajstić information content (AvgIpc) is 3.46. The van der Waals surface area contributed by atoms with Crippen molar-refractivity contribution >= 4 is 28.3 Å². The van der Waals surface area contributed by atoms with Gasteiger partial charge in [0.05, 0.1) is 6.26 Å². The molecule has 0 saturated heterocycles. The number of carbonyl (C=O) groups is 2. The highest BCUT2D eigenvalue weighted by atomic mass is 32.1. The zero-order valence-electron chi connectivity index (χ0n) is 17.0. The molecule has 0 radical (unpaired) electrons. The topological polar surface area (TPSA) is 84.2 Å². The molecule has 0 fully saturated rings. The number of amides is 2. The first-order valence-corrected chi connectivity index (χ1v) is 10.8. The van der Waals surface area contributed by atoms with Gasteiger partial charge in [-0.2, -0.15) is 0 Å². The Morgan fingerprint density at radius 2 is 1.84 bits per heavy atom. The van der Waals surface area contributed by atoms with Crippen LogP contribution in [0, 0.1) is 5.82 Å². The molecule has 4 aromatic rings. The first-order chi connectivity index (χ1) is 15.6. The fourth-order valence-corrected chi connectivity index (χ4v) is 4.03. The molecule has 2 N–H and O–H groups in total. The highest BCUT2D eigenvalue weighted by molar-refractivity contribution is 7.15. The molecule has 1 atom stereocenters. The Labute approximate surface area is 188 Å². The zero-order valence-corrected chi connectivity index (χ0v) is 17.8. The number of furan rings is 1. The maximum absolute atomic E-state index is 13.4. The molecule has 2 heterocycles. The van der Waals surface area contributed by atoms with Crippen molar-refractivity contribution in [2.45, 2.75) is 18.9 Å². The number of anilines is 1. The molecule has 32 heavy (non-hydrogen) atoms. The van der Waals surface area contributed by atoms with Gasteiger partial charge in [-0.05, 0) is 35.4 Å². The molecule has 1 unspecified atom stereocenters. The van der Waals surface area contributed by atoms with E-state index in [0.717, 1.165) is 16.0 Å². The molecule has 0 spiro atoms. The summed E-state index contributed by atoms with van der Waals surface area (Å²) in [6, 6.07) is 18.1. The highest BCUT2D eigenvalue weighted by Gasteiger charge is 2.24. The van der Waals surface area contributed by atoms with E-state index >= 15 is 0 Å². The van der Waals surface area contributed by atoms with Gasteiger partial charge in [0.1, 0.15) is 11.9 Å². The second-order valence-electron chi connectivity index (χ2n) is 7.12. The van der Waals surface area contributed by atoms with Gasteiger partial charge in [0.25, 0.3) is 5.91 Å². The maximum atomic E-state index is 13.4. The summed E-state index contributed by atoms with van der Waals surface area (Å²) < 4.78 is 18.5. The number of nitrogens with one attached hydrogen (secondary N) is 2. The molecule has 2 amide bonds. The van der Waals surface area contributed by atoms with Crippen LogP contribution in [0.25, 0.3) is 0 Å². The lowest BCUT2D eigenvalue weighted by molar-refractivity contribution is -0.118. The predicted molar refractivity (Wildman–Crippen MR) is 120 cm³/mol. The molecule has 2 aromatic carbocycles. The summed E-state index contributed by atoms with van der Waals surface area (Å²) >= 11 is 1.31. The molecule has 0 bridgehead atoms. The van der Waals surface area contributed by atoms with Crippen molar-refractivity contribution in [2.75, 3.05) is 5.32 Å². The van der Waals surface area contributed by atoms with Crippen LogP contribution in [0.3, 0.4) is 0 Å². The Morgan fingerprint density at radius 3 is 2.59 bits per heavy atom. The summed E-state index contributed by atoms with van der Waals surface area (Å²) in [5, 5.41) is 5.92. The molecule has 0 aliphatic rings. The van der Waals surface area contributed by atoms with Gasteiger partial charge in [-0.1, -0.05) is 42.5 Å². The first-order valence-electron chi connectivity index (χ1n) is 9.95. The molecule has 6 nitrogen and oxygen atoms in total. The van der Waals surface area contributed by atoms with Crippen LogP contribution < -0.4 is 10.6 Å². The summed E-state index contributed by atoms with van der Waals surface area (Å²) in [7, 11) is 0. The maximum Gasteiger partial charge on any atom is 0.287 e. The van der Waals surface area contributed by atoms with Crippen LogP contribution in [0.15, 0.2) is 83.6 Å². The molecule has 162 valence electrons. The normalized spacial score (nSPS) is 11.7. The number of carbonyl (C=O) groups excluding carboxylic acids is 2. The van der Waals surface area contributed by atoms with Crippen LogP contribution in [0.4, 0.5) is 9.52 Å². The fraction of sp³-hybridized carbons (Fsp3) is 0.125. The number of hydrogen-bond donors (Lipinski definition) is 2. The van der Waals surface area contributed by atoms with E-state index in [-0.39, 0.29) is 17.5 Å². The number of thiazole rings is 1. The molecule has 2 aromatic heterocycles. The second-order valence-corrected chi connectivity index (χ2v) is 8.24. The number of benzene rings is 2. The molecule has 0 saturated carbocycles. The van der Waals surface area contributed by atoms with Crippen LogP contribution >= 0.6 is 11.3 Å². The van der Waals surface area contributed by atoms with Crippen LogP contribution in [-0.2, 0) is 17.6 Å². The Bertz CT molecular complexity index is 1190. The van der Waals surface area contributed by atoms with Crippen molar-refractivity contribution in [2.24, 2.45) is 0 Å². The van der Waals surface area contributed by atoms with Gasteiger partial charge in [0, 0.05) is 23.9 Å². The van der Waals surface area contributed by atoms with Crippen LogP contribution in [0.5, 0.6) is 0 Å². The fourth-order valence-electron chi connectivity index (χ4n) is 3.18. The Balaban J connectivity index is 1.45. The van der Waals surface area contributed by atoms with E-state index in [1.165, 1.54) is 35.8 Å². The number of halogens is 1. The van der Waals surface area contributed by atoms with Crippen molar-refractivity contribution in [3.8, 4) is 0 Å². The third kappa shape index (κ3) is 5.67. The lowest BCUT2D eigenvalue weighted by Gasteiger charge is -2.17. The molecule has 8 heteroatoms. The van der Waals surface area contributed by atoms with Gasteiger partial charge in [0.15, 0.2) is 10.9 Å². The molecular weight excluding hydrogens is 429 g/mol. The summed E-state index contributed by atoms with van der Waals surface area (Å²) in [6.07, 6.45) is 3.87. The van der Waals surface area contributed by atoms with Crippen LogP contribution in [0.1, 0.15) is 26.6 Å². The Morgan fingerprint density at radius 1 is 1.03 bits per heavy atom. The van der Waals surface area contributed by atoms with Crippen molar-refractivity contribution in [1.82, 2.24) is 10.3 Å². The standard InChI is InChI=1S/C24H20FN3O3S/c25-18-9-4-8-17(12-18)13-19-15-26-24(32-19)28-22(29)20(14-16-6-2-1-3-7-16)27-23(30)21-10-5-11-31-21/h1-12,15,20H,13-14H2,(H,27,30)(H,26,28,29). The molecule has 4 rings (SSSR count). The van der Waals surface area contributed by atoms with Crippen LogP contribution in [-0.4, -0.2) is 22.8 Å². The Kier molecular flexibility index (Phi) is 6.72. The van der Waals surface area contributed by atoms with Crippen molar-refractivity contribution in [1.29, 1.82) is 0 Å². The Hall–Kier alpha value is -3.78. The van der Waals surface area contributed by atoms with E-state index < -0.39 is 11.9 Å². The second kappa shape index (κ2) is 10.0. The summed E-state index contributed by atoms with van der Waals surface area (Å²) in [5.74, 6) is -1.03. The largest absolute Gasteiger partial charge is 0.459 e. The van der Waals surface area contributed by atoms with E-state index in [4.69, 9.17) is 4.42 Å². The van der Waals surface area contributed by atoms with Crippen molar-refractivity contribution in [3.63, 3.8) is 0 Å². The number of aromatic nitrogens is 1. The quantitative estimate of drug-likeness (QED) is 0.416. The van der Waals surface area contributed by atoms with E-state index in [1.807, 2.05) is 36.4 Å². The summed E-state index contributed by atoms with van der Waals surface area (Å²) in [4.78, 5) is 30.6. The average molecular weight is 450 g/mol. The predicted octanol–water partition coefficient (Wildman–Crippen LogP) is 4.45. The minimum Gasteiger partial charge on any atom is -0.459 e. The molecule has 0 aliphatic carbocycles. The lowest BCUT2D eigenvalue weighted by atomic mass is 10.1. The van der Waals surface area contributed by atoms with Gasteiger partial charge in [0.2, 0.25) is 5.91 Å². The summed E-state index contributed by atoms with van der Waals surface area (Å²) in [6.45, 7) is 0. The van der Waals surface area contributed by atoms with Crippen molar-refractivity contribution in [3.05, 3.63) is 107 Å². The first kappa shape index (κ1) is 21.5. The minimum atomic E-state index is -0.828. The van der Waals surface area contributed by atoms with Gasteiger partial charge >= 0.3 is 0 Å². The monoisotopic (exact) mass is 449 g/mol. The summed E-state index contributed by atoms with van der Waals surface area (Å²) in [5.41, 5.74) is 1.72. The molecule has 0 aliphatic heterocycles. The van der Waals surface area contributed by atoms with Crippen molar-refractivity contribution < 1.29 is 18.4 Å². The van der Waals surface area contributed by atoms with Gasteiger partial charge in [-0.3, -0.25) is 9.59 Å². The number of nitrogens with zero attached hydrogens (tertiary/aromatic N) is 1. The lowest BCUT2D eigenvalue weighted by Crippen LogP contribution is -2.45. The molecular formula is C24H20FN3O3S. The number of hydrogen-bond acceptors (Lipinski definition) is 5. The van der Waals surface area contributed by atoms with Gasteiger partial charge in [-0.25, -0.2) is 9.37 Å². The SMILES string of the molecule is O=C(NC(Cc1ccccc1)C(=O)Nc1ncc(Cc2cccc(F)c2)s1)c1ccco1. The van der Waals surface area contributed by atoms with E-state index in [0.29, 0.717) is 18.0 Å². The zero-order chi connectivity index (χ0) is 22.3. The van der Waals surface area contributed by atoms with E-state index in [2.05, 4.69) is 15.6 Å². The van der Waals surface area contributed by atoms with Crippen LogP contribution in [0.2, 0.25) is 0 Å². The minimum absolute atomic E-state index is 0.127. The van der Waals surface area contributed by atoms with E-state index in [9.17, 15) is 14.0 Å². The van der Waals surface area contributed by atoms with E-state index in [1.54, 1.807) is 18.3 Å². The highest BCUT2D eigenvalue weighted by Crippen LogP contribution is 2.22. The van der Waals surface area contributed by atoms with Gasteiger partial charge < -0.3 is 15.1 Å². The third-order valence-corrected chi connectivity index (χ3v) is 5.61. The van der Waals surface area contributed by atoms with Gasteiger partial charge in [-0.15, -0.1) is 11.3 Å². The smallest absolute Gasteiger partial charge is 0.287 e.